The summed E-state index contributed by atoms with van der Waals surface area (Å²) in [5.74, 6) is 0.0478. The van der Waals surface area contributed by atoms with Crippen molar-refractivity contribution in [2.75, 3.05) is 27.7 Å². The fourth-order valence-corrected chi connectivity index (χ4v) is 2.63. The van der Waals surface area contributed by atoms with E-state index in [-0.39, 0.29) is 18.0 Å². The van der Waals surface area contributed by atoms with Gasteiger partial charge in [-0.25, -0.2) is 4.68 Å². The van der Waals surface area contributed by atoms with Crippen LogP contribution in [-0.2, 0) is 17.9 Å². The second kappa shape index (κ2) is 5.88. The summed E-state index contributed by atoms with van der Waals surface area (Å²) in [6.07, 6.45) is 5.26. The number of rotatable bonds is 6. The molecule has 112 valence electrons. The molecule has 20 heavy (non-hydrogen) atoms. The molecule has 0 radical (unpaired) electrons. The fourth-order valence-electron chi connectivity index (χ4n) is 2.63. The number of nitrogens with two attached hydrogens (primary N) is 1. The second-order valence-electron chi connectivity index (χ2n) is 5.83. The van der Waals surface area contributed by atoms with Crippen molar-refractivity contribution in [1.29, 1.82) is 0 Å². The van der Waals surface area contributed by atoms with Gasteiger partial charge in [0.15, 0.2) is 0 Å². The summed E-state index contributed by atoms with van der Waals surface area (Å²) in [6, 6.07) is 0. The molecule has 0 saturated heterocycles. The smallest absolute Gasteiger partial charge is 0.244 e. The third kappa shape index (κ3) is 2.99. The van der Waals surface area contributed by atoms with Gasteiger partial charge in [0.05, 0.1) is 11.9 Å². The zero-order valence-corrected chi connectivity index (χ0v) is 12.5. The average Bonchev–Trinajstić information content (AvgIpc) is 2.80. The minimum atomic E-state index is 0.0478. The van der Waals surface area contributed by atoms with Crippen LogP contribution in [0.1, 0.15) is 25.0 Å². The predicted octanol–water partition coefficient (Wildman–Crippen LogP) is -0.320. The minimum absolute atomic E-state index is 0.0478. The van der Waals surface area contributed by atoms with Gasteiger partial charge in [-0.1, -0.05) is 5.21 Å². The Balaban J connectivity index is 1.91. The van der Waals surface area contributed by atoms with Crippen molar-refractivity contribution < 1.29 is 4.79 Å². The van der Waals surface area contributed by atoms with E-state index in [4.69, 9.17) is 5.73 Å². The molecule has 0 aliphatic heterocycles. The minimum Gasteiger partial charge on any atom is -0.342 e. The van der Waals surface area contributed by atoms with E-state index < -0.39 is 0 Å². The van der Waals surface area contributed by atoms with E-state index in [1.165, 1.54) is 6.42 Å². The molecule has 0 unspecified atom stereocenters. The van der Waals surface area contributed by atoms with Crippen LogP contribution in [0.2, 0.25) is 0 Å². The summed E-state index contributed by atoms with van der Waals surface area (Å²) in [5, 5.41) is 7.79. The van der Waals surface area contributed by atoms with Crippen LogP contribution in [0.15, 0.2) is 6.20 Å². The lowest BCUT2D eigenvalue weighted by molar-refractivity contribution is -0.133. The molecule has 7 nitrogen and oxygen atoms in total. The zero-order valence-electron chi connectivity index (χ0n) is 12.5. The van der Waals surface area contributed by atoms with Gasteiger partial charge in [-0.2, -0.15) is 0 Å². The maximum absolute atomic E-state index is 12.2. The number of amides is 1. The number of nitrogens with zero attached hydrogens (tertiary/aromatic N) is 5. The molecule has 2 N–H and O–H groups in total. The number of aromatic nitrogens is 3. The van der Waals surface area contributed by atoms with E-state index in [2.05, 4.69) is 29.3 Å². The molecule has 1 saturated carbocycles. The van der Waals surface area contributed by atoms with Crippen molar-refractivity contribution in [2.45, 2.75) is 37.9 Å². The first-order valence-electron chi connectivity index (χ1n) is 6.97. The third-order valence-corrected chi connectivity index (χ3v) is 4.28. The summed E-state index contributed by atoms with van der Waals surface area (Å²) in [5.41, 5.74) is 6.33. The van der Waals surface area contributed by atoms with Crippen molar-refractivity contribution in [3.63, 3.8) is 0 Å². The van der Waals surface area contributed by atoms with E-state index in [9.17, 15) is 4.79 Å². The molecule has 2 rings (SSSR count). The van der Waals surface area contributed by atoms with Gasteiger partial charge < -0.3 is 15.5 Å². The van der Waals surface area contributed by atoms with Gasteiger partial charge in [0, 0.05) is 25.7 Å². The number of hydrogen-bond donors (Lipinski definition) is 1. The van der Waals surface area contributed by atoms with Crippen LogP contribution < -0.4 is 5.73 Å². The molecule has 1 heterocycles. The molecule has 1 aromatic rings. The van der Waals surface area contributed by atoms with Crippen molar-refractivity contribution in [2.24, 2.45) is 5.73 Å². The highest BCUT2D eigenvalue weighted by Gasteiger charge is 2.40. The highest BCUT2D eigenvalue weighted by molar-refractivity contribution is 5.75. The van der Waals surface area contributed by atoms with Gasteiger partial charge in [-0.05, 0) is 33.4 Å². The highest BCUT2D eigenvalue weighted by atomic mass is 16.2. The number of carbonyl (C=O) groups is 1. The summed E-state index contributed by atoms with van der Waals surface area (Å²) < 4.78 is 1.55. The molecule has 1 amide bonds. The van der Waals surface area contributed by atoms with E-state index >= 15 is 0 Å². The Hall–Kier alpha value is -1.47. The Morgan fingerprint density at radius 3 is 2.60 bits per heavy atom. The molecule has 1 aromatic heterocycles. The van der Waals surface area contributed by atoms with Crippen molar-refractivity contribution >= 4 is 5.91 Å². The van der Waals surface area contributed by atoms with Gasteiger partial charge in [0.25, 0.3) is 0 Å². The average molecular weight is 280 g/mol. The normalized spacial score (nSPS) is 17.1. The number of hydrogen-bond acceptors (Lipinski definition) is 5. The lowest BCUT2D eigenvalue weighted by Gasteiger charge is -2.49. The SMILES string of the molecule is CN(CC1(N(C)C)CCC1)C(=O)Cn1cc(CN)nn1. The summed E-state index contributed by atoms with van der Waals surface area (Å²) >= 11 is 0. The Labute approximate surface area is 119 Å². The van der Waals surface area contributed by atoms with Gasteiger partial charge in [-0.15, -0.1) is 5.10 Å². The molecule has 1 aliphatic rings. The Kier molecular flexibility index (Phi) is 4.39. The lowest BCUT2D eigenvalue weighted by atomic mass is 9.75. The molecule has 0 atom stereocenters. The van der Waals surface area contributed by atoms with Crippen LogP contribution in [0.3, 0.4) is 0 Å². The summed E-state index contributed by atoms with van der Waals surface area (Å²) in [7, 11) is 6.03. The predicted molar refractivity (Wildman–Crippen MR) is 75.8 cm³/mol. The van der Waals surface area contributed by atoms with Gasteiger partial charge >= 0.3 is 0 Å². The van der Waals surface area contributed by atoms with Crippen LogP contribution >= 0.6 is 0 Å². The van der Waals surface area contributed by atoms with E-state index in [0.717, 1.165) is 19.4 Å². The quantitative estimate of drug-likeness (QED) is 0.772. The largest absolute Gasteiger partial charge is 0.342 e. The molecular weight excluding hydrogens is 256 g/mol. The summed E-state index contributed by atoms with van der Waals surface area (Å²) in [6.45, 7) is 1.32. The molecule has 1 fully saturated rings. The molecule has 7 heteroatoms. The molecular formula is C13H24N6O. The lowest BCUT2D eigenvalue weighted by Crippen LogP contribution is -2.57. The molecule has 0 aromatic carbocycles. The van der Waals surface area contributed by atoms with Crippen LogP contribution in [-0.4, -0.2) is 63.9 Å². The first-order valence-corrected chi connectivity index (χ1v) is 6.97. The Morgan fingerprint density at radius 1 is 1.45 bits per heavy atom. The van der Waals surface area contributed by atoms with E-state index in [1.54, 1.807) is 15.8 Å². The van der Waals surface area contributed by atoms with Gasteiger partial charge in [-0.3, -0.25) is 4.79 Å². The van der Waals surface area contributed by atoms with Crippen LogP contribution in [0.25, 0.3) is 0 Å². The Bertz CT molecular complexity index is 465. The zero-order chi connectivity index (χ0) is 14.8. The van der Waals surface area contributed by atoms with Crippen molar-refractivity contribution in [3.05, 3.63) is 11.9 Å². The highest BCUT2D eigenvalue weighted by Crippen LogP contribution is 2.36. The number of carbonyl (C=O) groups excluding carboxylic acids is 1. The van der Waals surface area contributed by atoms with Crippen LogP contribution in [0.4, 0.5) is 0 Å². The summed E-state index contributed by atoms with van der Waals surface area (Å²) in [4.78, 5) is 16.3. The first kappa shape index (κ1) is 14.9. The van der Waals surface area contributed by atoms with E-state index in [0.29, 0.717) is 12.2 Å². The topological polar surface area (TPSA) is 80.3 Å². The molecule has 0 bridgehead atoms. The monoisotopic (exact) mass is 280 g/mol. The number of likely N-dealkylation sites (N-methyl/N-ethyl adjacent to an activating group) is 2. The molecule has 0 spiro atoms. The Morgan fingerprint density at radius 2 is 2.15 bits per heavy atom. The maximum atomic E-state index is 12.2. The third-order valence-electron chi connectivity index (χ3n) is 4.28. The fraction of sp³-hybridized carbons (Fsp3) is 0.769. The second-order valence-corrected chi connectivity index (χ2v) is 5.83. The van der Waals surface area contributed by atoms with Crippen LogP contribution in [0.5, 0.6) is 0 Å². The van der Waals surface area contributed by atoms with Gasteiger partial charge in [0.2, 0.25) is 5.91 Å². The first-order chi connectivity index (χ1) is 9.47. The van der Waals surface area contributed by atoms with Crippen molar-refractivity contribution in [1.82, 2.24) is 24.8 Å². The maximum Gasteiger partial charge on any atom is 0.244 e. The van der Waals surface area contributed by atoms with Crippen LogP contribution in [0, 0.1) is 0 Å². The standard InChI is InChI=1S/C13H24N6O/c1-17(2)13(5-4-6-13)10-18(3)12(20)9-19-8-11(7-14)15-16-19/h8H,4-7,9-10,14H2,1-3H3. The van der Waals surface area contributed by atoms with Gasteiger partial charge in [0.1, 0.15) is 6.54 Å². The van der Waals surface area contributed by atoms with E-state index in [1.807, 2.05) is 7.05 Å². The molecule has 1 aliphatic carbocycles. The van der Waals surface area contributed by atoms with Crippen molar-refractivity contribution in [3.8, 4) is 0 Å².